The van der Waals surface area contributed by atoms with Crippen LogP contribution in [0.15, 0.2) is 45.3 Å². The number of rotatable bonds is 4. The van der Waals surface area contributed by atoms with E-state index in [0.717, 1.165) is 37.2 Å². The molecule has 1 aliphatic rings. The van der Waals surface area contributed by atoms with Gasteiger partial charge in [0, 0.05) is 63.5 Å². The Kier molecular flexibility index (Phi) is 5.09. The highest BCUT2D eigenvalue weighted by Crippen LogP contribution is 2.49. The van der Waals surface area contributed by atoms with E-state index < -0.39 is 11.8 Å². The molecule has 0 radical (unpaired) electrons. The summed E-state index contributed by atoms with van der Waals surface area (Å²) in [5.74, 6) is -1.21. The molecule has 0 atom stereocenters. The van der Waals surface area contributed by atoms with Crippen LogP contribution < -0.4 is 0 Å². The summed E-state index contributed by atoms with van der Waals surface area (Å²) in [7, 11) is 0. The smallest absolute Gasteiger partial charge is 0.261 e. The second kappa shape index (κ2) is 7.90. The van der Waals surface area contributed by atoms with E-state index in [4.69, 9.17) is 0 Å². The fourth-order valence-electron chi connectivity index (χ4n) is 5.61. The minimum atomic E-state index is -0.459. The highest BCUT2D eigenvalue weighted by atomic mass is 79.9. The lowest BCUT2D eigenvalue weighted by Crippen LogP contribution is -2.42. The molecular formula is C28H17Br2NO5. The Labute approximate surface area is 221 Å². The topological polar surface area (TPSA) is 91.8 Å². The summed E-state index contributed by atoms with van der Waals surface area (Å²) in [5.41, 5.74) is 1.68. The van der Waals surface area contributed by atoms with Crippen LogP contribution in [0.2, 0.25) is 0 Å². The average molecular weight is 607 g/mol. The third kappa shape index (κ3) is 2.86. The van der Waals surface area contributed by atoms with E-state index >= 15 is 0 Å². The first-order valence-electron chi connectivity index (χ1n) is 11.3. The molecule has 36 heavy (non-hydrogen) atoms. The van der Waals surface area contributed by atoms with E-state index in [2.05, 4.69) is 31.9 Å². The largest absolute Gasteiger partial charge is 0.395 e. The van der Waals surface area contributed by atoms with Gasteiger partial charge in [-0.05, 0) is 42.8 Å². The Morgan fingerprint density at radius 3 is 1.89 bits per heavy atom. The van der Waals surface area contributed by atoms with Gasteiger partial charge in [-0.2, -0.15) is 0 Å². The first-order valence-corrected chi connectivity index (χ1v) is 12.8. The standard InChI is InChI=1S/C28H17Br2NO5/c1-11(33)13-3-4-14-24-20(30)10-18-22-16(27(35)31(7-8-32)28(18)36)6-5-15(26(22)24)23-19(29)9-17(12(2)34)21(13)25(14)23/h3-6,9-10,32H,7-8H2,1-2H3. The van der Waals surface area contributed by atoms with Gasteiger partial charge in [0.1, 0.15) is 0 Å². The van der Waals surface area contributed by atoms with Crippen molar-refractivity contribution in [1.82, 2.24) is 4.90 Å². The minimum Gasteiger partial charge on any atom is -0.395 e. The summed E-state index contributed by atoms with van der Waals surface area (Å²) in [5, 5.41) is 15.3. The molecule has 0 fully saturated rings. The summed E-state index contributed by atoms with van der Waals surface area (Å²) in [6.07, 6.45) is 0. The van der Waals surface area contributed by atoms with Crippen molar-refractivity contribution in [3.05, 3.63) is 67.6 Å². The molecule has 1 N–H and O–H groups in total. The third-order valence-corrected chi connectivity index (χ3v) is 8.29. The van der Waals surface area contributed by atoms with Gasteiger partial charge in [0.15, 0.2) is 11.6 Å². The minimum absolute atomic E-state index is 0.0882. The van der Waals surface area contributed by atoms with Crippen molar-refractivity contribution < 1.29 is 24.3 Å². The lowest BCUT2D eigenvalue weighted by molar-refractivity contribution is 0.0580. The van der Waals surface area contributed by atoms with Gasteiger partial charge in [-0.3, -0.25) is 24.1 Å². The van der Waals surface area contributed by atoms with Crippen molar-refractivity contribution >= 4 is 98.3 Å². The fourth-order valence-corrected chi connectivity index (χ4v) is 6.89. The van der Waals surface area contributed by atoms with Gasteiger partial charge >= 0.3 is 0 Å². The normalized spacial score (nSPS) is 13.6. The summed E-state index contributed by atoms with van der Waals surface area (Å²) in [4.78, 5) is 52.9. The molecule has 0 aromatic heterocycles. The van der Waals surface area contributed by atoms with Crippen molar-refractivity contribution in [2.75, 3.05) is 13.2 Å². The van der Waals surface area contributed by atoms with E-state index in [1.807, 2.05) is 12.1 Å². The van der Waals surface area contributed by atoms with E-state index in [1.54, 1.807) is 24.3 Å². The molecule has 0 saturated heterocycles. The zero-order valence-electron chi connectivity index (χ0n) is 19.2. The van der Waals surface area contributed by atoms with Crippen molar-refractivity contribution in [3.63, 3.8) is 0 Å². The number of ketones is 2. The SMILES string of the molecule is CC(=O)c1ccc2c3c(Br)cc4c5c(ccc(c6c(Br)cc(C(C)=O)c1c26)c53)C(=O)N(CCO)C4=O. The molecule has 1 aliphatic heterocycles. The second-order valence-corrected chi connectivity index (χ2v) is 10.7. The number of β-amino-alcohol motifs (C(OH)–C–C–N with tert-alkyl or cyclic N) is 1. The maximum absolute atomic E-state index is 13.3. The van der Waals surface area contributed by atoms with Crippen molar-refractivity contribution in [3.8, 4) is 0 Å². The van der Waals surface area contributed by atoms with E-state index in [0.29, 0.717) is 42.0 Å². The zero-order valence-corrected chi connectivity index (χ0v) is 22.3. The molecule has 178 valence electrons. The highest BCUT2D eigenvalue weighted by molar-refractivity contribution is 9.11. The number of halogens is 2. The fraction of sp³-hybridized carbons (Fsp3) is 0.143. The number of Topliss-reactive ketones (excluding diaryl/α,β-unsaturated/α-hetero) is 2. The molecule has 0 spiro atoms. The van der Waals surface area contributed by atoms with E-state index in [-0.39, 0.29) is 24.7 Å². The summed E-state index contributed by atoms with van der Waals surface area (Å²) < 4.78 is 1.34. The van der Waals surface area contributed by atoms with Gasteiger partial charge in [0.05, 0.1) is 13.2 Å². The molecule has 2 amide bonds. The molecule has 6 rings (SSSR count). The van der Waals surface area contributed by atoms with Crippen LogP contribution >= 0.6 is 31.9 Å². The number of carbonyl (C=O) groups is 4. The molecule has 0 bridgehead atoms. The van der Waals surface area contributed by atoms with Crippen LogP contribution in [0.4, 0.5) is 0 Å². The van der Waals surface area contributed by atoms with Crippen molar-refractivity contribution in [2.45, 2.75) is 13.8 Å². The molecule has 0 aliphatic carbocycles. The lowest BCUT2D eigenvalue weighted by Gasteiger charge is -2.28. The molecule has 5 aromatic carbocycles. The van der Waals surface area contributed by atoms with Gasteiger partial charge in [-0.25, -0.2) is 0 Å². The molecule has 1 heterocycles. The third-order valence-electron chi connectivity index (χ3n) is 7.04. The van der Waals surface area contributed by atoms with Crippen molar-refractivity contribution in [2.24, 2.45) is 0 Å². The van der Waals surface area contributed by atoms with Crippen LogP contribution in [0.1, 0.15) is 55.3 Å². The highest BCUT2D eigenvalue weighted by Gasteiger charge is 2.35. The molecule has 8 heteroatoms. The first-order chi connectivity index (χ1) is 17.2. The number of benzene rings is 5. The molecule has 6 nitrogen and oxygen atoms in total. The van der Waals surface area contributed by atoms with Gasteiger partial charge in [0.25, 0.3) is 11.8 Å². The Hall–Kier alpha value is -3.20. The number of nitrogens with zero attached hydrogens (tertiary/aromatic N) is 1. The number of imide groups is 1. The monoisotopic (exact) mass is 605 g/mol. The van der Waals surface area contributed by atoms with Crippen LogP contribution in [0.3, 0.4) is 0 Å². The Balaban J connectivity index is 1.93. The van der Waals surface area contributed by atoms with Crippen molar-refractivity contribution in [1.29, 1.82) is 0 Å². The number of aliphatic hydroxyl groups excluding tert-OH is 1. The molecular weight excluding hydrogens is 590 g/mol. The van der Waals surface area contributed by atoms with Gasteiger partial charge in [-0.15, -0.1) is 0 Å². The Bertz CT molecular complexity index is 1870. The maximum Gasteiger partial charge on any atom is 0.261 e. The van der Waals surface area contributed by atoms with Crippen LogP contribution in [-0.4, -0.2) is 46.5 Å². The predicted octanol–water partition coefficient (Wildman–Crippen LogP) is 6.26. The summed E-state index contributed by atoms with van der Waals surface area (Å²) >= 11 is 7.33. The Morgan fingerprint density at radius 2 is 1.28 bits per heavy atom. The number of amides is 2. The number of hydrogen-bond acceptors (Lipinski definition) is 5. The first kappa shape index (κ1) is 23.2. The predicted molar refractivity (Wildman–Crippen MR) is 146 cm³/mol. The quantitative estimate of drug-likeness (QED) is 0.113. The number of fused-ring (bicyclic) bond motifs is 2. The summed E-state index contributed by atoms with van der Waals surface area (Å²) in [6.45, 7) is 2.55. The molecule has 5 aromatic rings. The van der Waals surface area contributed by atoms with E-state index in [9.17, 15) is 24.3 Å². The van der Waals surface area contributed by atoms with Crippen LogP contribution in [0.25, 0.3) is 43.1 Å². The number of aliphatic hydroxyl groups is 1. The Morgan fingerprint density at radius 1 is 0.722 bits per heavy atom. The zero-order chi connectivity index (χ0) is 25.6. The number of hydrogen-bond donors (Lipinski definition) is 1. The van der Waals surface area contributed by atoms with Crippen LogP contribution in [0, 0.1) is 0 Å². The molecule has 0 unspecified atom stereocenters. The maximum atomic E-state index is 13.3. The lowest BCUT2D eigenvalue weighted by atomic mass is 9.82. The number of carbonyl (C=O) groups excluding carboxylic acids is 4. The molecule has 0 saturated carbocycles. The van der Waals surface area contributed by atoms with Crippen LogP contribution in [0.5, 0.6) is 0 Å². The van der Waals surface area contributed by atoms with Gasteiger partial charge in [-0.1, -0.05) is 50.1 Å². The van der Waals surface area contributed by atoms with Gasteiger partial charge in [0.2, 0.25) is 0 Å². The second-order valence-electron chi connectivity index (χ2n) is 8.98. The van der Waals surface area contributed by atoms with E-state index in [1.165, 1.54) is 13.8 Å². The van der Waals surface area contributed by atoms with Crippen LogP contribution in [-0.2, 0) is 0 Å². The van der Waals surface area contributed by atoms with Gasteiger partial charge < -0.3 is 5.11 Å². The summed E-state index contributed by atoms with van der Waals surface area (Å²) in [6, 6.07) is 10.6. The average Bonchev–Trinajstić information content (AvgIpc) is 2.84.